The van der Waals surface area contributed by atoms with Crippen LogP contribution in [-0.2, 0) is 14.3 Å². The summed E-state index contributed by atoms with van der Waals surface area (Å²) >= 11 is 0. The largest absolute Gasteiger partial charge is 0.463 e. The quantitative estimate of drug-likeness (QED) is 0.626. The molecule has 1 rings (SSSR count). The highest BCUT2D eigenvalue weighted by molar-refractivity contribution is 5.92. The number of anilines is 1. The molecule has 0 fully saturated rings. The van der Waals surface area contributed by atoms with Gasteiger partial charge in [-0.15, -0.1) is 0 Å². The molecule has 0 aliphatic carbocycles. The highest BCUT2D eigenvalue weighted by Gasteiger charge is 2.11. The van der Waals surface area contributed by atoms with Crippen molar-refractivity contribution in [3.05, 3.63) is 35.9 Å². The van der Waals surface area contributed by atoms with Crippen molar-refractivity contribution in [2.45, 2.75) is 33.2 Å². The standard InChI is InChI=1S/C17H24N2O3/c1-5-22-16(21)11-8-13-6-9-14(10-7-13)19-15(20)12-18-17(2,3)4/h6-11,18H,5,12H2,1-4H3,(H,19,20). The molecule has 2 N–H and O–H groups in total. The third-order valence-corrected chi connectivity index (χ3v) is 2.67. The van der Waals surface area contributed by atoms with E-state index in [1.54, 1.807) is 25.1 Å². The normalized spacial score (nSPS) is 11.5. The summed E-state index contributed by atoms with van der Waals surface area (Å²) in [5.74, 6) is -0.460. The van der Waals surface area contributed by atoms with E-state index in [0.717, 1.165) is 5.56 Å². The lowest BCUT2D eigenvalue weighted by Gasteiger charge is -2.20. The summed E-state index contributed by atoms with van der Waals surface area (Å²) < 4.78 is 4.80. The van der Waals surface area contributed by atoms with E-state index >= 15 is 0 Å². The number of amides is 1. The molecule has 0 radical (unpaired) electrons. The lowest BCUT2D eigenvalue weighted by molar-refractivity contribution is -0.137. The van der Waals surface area contributed by atoms with Gasteiger partial charge in [-0.25, -0.2) is 4.79 Å². The smallest absolute Gasteiger partial charge is 0.330 e. The zero-order valence-corrected chi connectivity index (χ0v) is 13.6. The van der Waals surface area contributed by atoms with Crippen LogP contribution in [0.15, 0.2) is 30.3 Å². The lowest BCUT2D eigenvalue weighted by Crippen LogP contribution is -2.41. The van der Waals surface area contributed by atoms with Gasteiger partial charge in [0.2, 0.25) is 5.91 Å². The topological polar surface area (TPSA) is 67.4 Å². The van der Waals surface area contributed by atoms with Gasteiger partial charge in [0, 0.05) is 17.3 Å². The zero-order chi connectivity index (χ0) is 16.6. The molecule has 0 spiro atoms. The number of ether oxygens (including phenoxy) is 1. The fourth-order valence-electron chi connectivity index (χ4n) is 1.58. The molecule has 1 amide bonds. The summed E-state index contributed by atoms with van der Waals surface area (Å²) in [6.45, 7) is 8.39. The van der Waals surface area contributed by atoms with Crippen molar-refractivity contribution in [3.8, 4) is 0 Å². The van der Waals surface area contributed by atoms with Crippen LogP contribution in [0.25, 0.3) is 6.08 Å². The Balaban J connectivity index is 2.51. The van der Waals surface area contributed by atoms with Crippen molar-refractivity contribution in [3.63, 3.8) is 0 Å². The van der Waals surface area contributed by atoms with Gasteiger partial charge in [-0.2, -0.15) is 0 Å². The van der Waals surface area contributed by atoms with Gasteiger partial charge in [0.15, 0.2) is 0 Å². The van der Waals surface area contributed by atoms with Crippen molar-refractivity contribution in [1.82, 2.24) is 5.32 Å². The number of rotatable bonds is 6. The predicted molar refractivity (Wildman–Crippen MR) is 88.5 cm³/mol. The van der Waals surface area contributed by atoms with Crippen LogP contribution in [0.5, 0.6) is 0 Å². The molecule has 5 heteroatoms. The Morgan fingerprint density at radius 1 is 1.18 bits per heavy atom. The van der Waals surface area contributed by atoms with Gasteiger partial charge < -0.3 is 15.4 Å². The number of nitrogens with one attached hydrogen (secondary N) is 2. The Morgan fingerprint density at radius 3 is 2.36 bits per heavy atom. The number of esters is 1. The average Bonchev–Trinajstić information content (AvgIpc) is 2.44. The van der Waals surface area contributed by atoms with E-state index in [4.69, 9.17) is 4.74 Å². The average molecular weight is 304 g/mol. The molecule has 0 aromatic heterocycles. The van der Waals surface area contributed by atoms with E-state index in [2.05, 4.69) is 10.6 Å². The van der Waals surface area contributed by atoms with Gasteiger partial charge in [0.1, 0.15) is 0 Å². The zero-order valence-electron chi connectivity index (χ0n) is 13.6. The minimum Gasteiger partial charge on any atom is -0.463 e. The molecule has 22 heavy (non-hydrogen) atoms. The van der Waals surface area contributed by atoms with E-state index < -0.39 is 0 Å². The predicted octanol–water partition coefficient (Wildman–Crippen LogP) is 2.59. The van der Waals surface area contributed by atoms with Crippen LogP contribution in [0.1, 0.15) is 33.3 Å². The van der Waals surface area contributed by atoms with Crippen LogP contribution in [-0.4, -0.2) is 30.6 Å². The monoisotopic (exact) mass is 304 g/mol. The second-order valence-corrected chi connectivity index (χ2v) is 5.86. The summed E-state index contributed by atoms with van der Waals surface area (Å²) in [6.07, 6.45) is 3.05. The summed E-state index contributed by atoms with van der Waals surface area (Å²) in [5.41, 5.74) is 1.48. The minimum absolute atomic E-state index is 0.0928. The molecular weight excluding hydrogens is 280 g/mol. The first kappa shape index (κ1) is 17.9. The molecule has 0 saturated carbocycles. The van der Waals surface area contributed by atoms with Crippen molar-refractivity contribution in [2.24, 2.45) is 0 Å². The Kier molecular flexibility index (Phi) is 6.79. The van der Waals surface area contributed by atoms with Crippen LogP contribution in [0.4, 0.5) is 5.69 Å². The number of hydrogen-bond acceptors (Lipinski definition) is 4. The van der Waals surface area contributed by atoms with Crippen molar-refractivity contribution < 1.29 is 14.3 Å². The minimum atomic E-state index is -0.367. The summed E-state index contributed by atoms with van der Waals surface area (Å²) in [5, 5.41) is 5.93. The summed E-state index contributed by atoms with van der Waals surface area (Å²) in [7, 11) is 0. The number of carbonyl (C=O) groups excluding carboxylic acids is 2. The van der Waals surface area contributed by atoms with Crippen LogP contribution in [0.2, 0.25) is 0 Å². The Bertz CT molecular complexity index is 528. The van der Waals surface area contributed by atoms with Crippen LogP contribution >= 0.6 is 0 Å². The molecule has 1 aromatic carbocycles. The third-order valence-electron chi connectivity index (χ3n) is 2.67. The van der Waals surface area contributed by atoms with Gasteiger partial charge in [0.05, 0.1) is 13.2 Å². The van der Waals surface area contributed by atoms with E-state index in [1.165, 1.54) is 6.08 Å². The Morgan fingerprint density at radius 2 is 1.82 bits per heavy atom. The van der Waals surface area contributed by atoms with Crippen molar-refractivity contribution in [2.75, 3.05) is 18.5 Å². The van der Waals surface area contributed by atoms with Crippen LogP contribution < -0.4 is 10.6 Å². The maximum atomic E-state index is 11.8. The first-order valence-electron chi connectivity index (χ1n) is 7.30. The van der Waals surface area contributed by atoms with Gasteiger partial charge >= 0.3 is 5.97 Å². The van der Waals surface area contributed by atoms with E-state index in [0.29, 0.717) is 12.3 Å². The van der Waals surface area contributed by atoms with Crippen molar-refractivity contribution in [1.29, 1.82) is 0 Å². The fraction of sp³-hybridized carbons (Fsp3) is 0.412. The first-order chi connectivity index (χ1) is 10.3. The van der Waals surface area contributed by atoms with Crippen LogP contribution in [0, 0.1) is 0 Å². The number of hydrogen-bond donors (Lipinski definition) is 2. The maximum absolute atomic E-state index is 11.8. The molecule has 0 heterocycles. The van der Waals surface area contributed by atoms with Gasteiger partial charge in [0.25, 0.3) is 0 Å². The summed E-state index contributed by atoms with van der Waals surface area (Å²) in [4.78, 5) is 23.0. The molecule has 0 atom stereocenters. The third kappa shape index (κ3) is 7.59. The molecule has 0 saturated heterocycles. The number of carbonyl (C=O) groups is 2. The molecule has 0 aliphatic rings. The highest BCUT2D eigenvalue weighted by atomic mass is 16.5. The molecular formula is C17H24N2O3. The highest BCUT2D eigenvalue weighted by Crippen LogP contribution is 2.11. The van der Waals surface area contributed by atoms with E-state index in [-0.39, 0.29) is 24.0 Å². The van der Waals surface area contributed by atoms with Gasteiger partial charge in [-0.1, -0.05) is 12.1 Å². The SMILES string of the molecule is CCOC(=O)C=Cc1ccc(NC(=O)CNC(C)(C)C)cc1. The van der Waals surface area contributed by atoms with Gasteiger partial charge in [-0.05, 0) is 51.5 Å². The Hall–Kier alpha value is -2.14. The van der Waals surface area contributed by atoms with Crippen LogP contribution in [0.3, 0.4) is 0 Å². The Labute approximate surface area is 131 Å². The second-order valence-electron chi connectivity index (χ2n) is 5.86. The molecule has 120 valence electrons. The van der Waals surface area contributed by atoms with E-state index in [9.17, 15) is 9.59 Å². The lowest BCUT2D eigenvalue weighted by atomic mass is 10.1. The second kappa shape index (κ2) is 8.34. The fourth-order valence-corrected chi connectivity index (χ4v) is 1.58. The summed E-state index contributed by atoms with van der Waals surface area (Å²) in [6, 6.07) is 7.23. The molecule has 1 aromatic rings. The molecule has 0 unspecified atom stereocenters. The molecule has 0 aliphatic heterocycles. The molecule has 0 bridgehead atoms. The van der Waals surface area contributed by atoms with E-state index in [1.807, 2.05) is 32.9 Å². The van der Waals surface area contributed by atoms with Crippen molar-refractivity contribution >= 4 is 23.6 Å². The number of benzene rings is 1. The van der Waals surface area contributed by atoms with Gasteiger partial charge in [-0.3, -0.25) is 4.79 Å². The maximum Gasteiger partial charge on any atom is 0.330 e. The molecule has 5 nitrogen and oxygen atoms in total. The first-order valence-corrected chi connectivity index (χ1v) is 7.30.